The molecule has 1 aliphatic rings. The van der Waals surface area contributed by atoms with Crippen molar-refractivity contribution in [3.63, 3.8) is 0 Å². The van der Waals surface area contributed by atoms with Crippen molar-refractivity contribution in [2.45, 2.75) is 6.42 Å². The number of phenols is 1. The topological polar surface area (TPSA) is 87.8 Å². The van der Waals surface area contributed by atoms with E-state index in [0.717, 1.165) is 44.8 Å². The first-order valence-corrected chi connectivity index (χ1v) is 8.07. The lowest BCUT2D eigenvalue weighted by atomic mass is 10.1. The zero-order valence-corrected chi connectivity index (χ0v) is 13.4. The number of phenolic OH excluding ortho intramolecular Hbond substituents is 1. The molecule has 7 heteroatoms. The van der Waals surface area contributed by atoms with Gasteiger partial charge in [-0.3, -0.25) is 9.69 Å². The Bertz CT molecular complexity index is 663. The summed E-state index contributed by atoms with van der Waals surface area (Å²) in [5, 5.41) is 16.0. The molecule has 24 heavy (non-hydrogen) atoms. The molecule has 3 rings (SSSR count). The monoisotopic (exact) mass is 331 g/mol. The first-order chi connectivity index (χ1) is 11.7. The maximum absolute atomic E-state index is 12.1. The van der Waals surface area contributed by atoms with Crippen LogP contribution in [0.5, 0.6) is 5.75 Å². The second-order valence-electron chi connectivity index (χ2n) is 5.69. The van der Waals surface area contributed by atoms with E-state index in [1.807, 2.05) is 0 Å². The molecule has 1 aromatic heterocycles. The summed E-state index contributed by atoms with van der Waals surface area (Å²) in [6.07, 6.45) is 0.883. The fraction of sp³-hybridized carbons (Fsp3) is 0.412. The Morgan fingerprint density at radius 3 is 2.75 bits per heavy atom. The number of ether oxygens (including phenoxy) is 1. The van der Waals surface area contributed by atoms with Crippen LogP contribution in [0, 0.1) is 0 Å². The molecular formula is C17H21N3O4. The smallest absolute Gasteiger partial charge is 0.273 e. The maximum Gasteiger partial charge on any atom is 0.273 e. The second-order valence-corrected chi connectivity index (χ2v) is 5.69. The summed E-state index contributed by atoms with van der Waals surface area (Å²) >= 11 is 0. The summed E-state index contributed by atoms with van der Waals surface area (Å²) in [5.41, 5.74) is 1.01. The molecule has 1 saturated heterocycles. The van der Waals surface area contributed by atoms with Crippen LogP contribution in [0.4, 0.5) is 0 Å². The number of aromatic hydroxyl groups is 1. The third-order valence-electron chi connectivity index (χ3n) is 3.93. The fourth-order valence-electron chi connectivity index (χ4n) is 2.56. The minimum atomic E-state index is -0.245. The van der Waals surface area contributed by atoms with Gasteiger partial charge in [0, 0.05) is 31.3 Å². The van der Waals surface area contributed by atoms with E-state index in [4.69, 9.17) is 9.26 Å². The molecule has 0 unspecified atom stereocenters. The van der Waals surface area contributed by atoms with Gasteiger partial charge in [-0.2, -0.15) is 0 Å². The van der Waals surface area contributed by atoms with Crippen molar-refractivity contribution in [3.8, 4) is 17.1 Å². The number of benzene rings is 1. The van der Waals surface area contributed by atoms with E-state index in [2.05, 4.69) is 15.4 Å². The largest absolute Gasteiger partial charge is 0.508 e. The Hall–Kier alpha value is -2.38. The van der Waals surface area contributed by atoms with Crippen molar-refractivity contribution in [2.24, 2.45) is 0 Å². The van der Waals surface area contributed by atoms with Crippen LogP contribution >= 0.6 is 0 Å². The quantitative estimate of drug-likeness (QED) is 0.780. The predicted molar refractivity (Wildman–Crippen MR) is 87.8 cm³/mol. The van der Waals surface area contributed by atoms with Crippen molar-refractivity contribution >= 4 is 5.91 Å². The number of morpholine rings is 1. The molecule has 0 radical (unpaired) electrons. The van der Waals surface area contributed by atoms with E-state index in [1.54, 1.807) is 30.3 Å². The summed E-state index contributed by atoms with van der Waals surface area (Å²) in [7, 11) is 0. The molecule has 0 bridgehead atoms. The molecule has 2 heterocycles. The zero-order valence-electron chi connectivity index (χ0n) is 13.4. The summed E-state index contributed by atoms with van der Waals surface area (Å²) in [5.74, 6) is 0.427. The van der Waals surface area contributed by atoms with Crippen LogP contribution < -0.4 is 5.32 Å². The van der Waals surface area contributed by atoms with Crippen molar-refractivity contribution < 1.29 is 19.2 Å². The van der Waals surface area contributed by atoms with Crippen LogP contribution in [0.25, 0.3) is 11.3 Å². The SMILES string of the molecule is O=C(NCCCN1CCOCC1)c1cc(-c2ccc(O)cc2)on1. The lowest BCUT2D eigenvalue weighted by Crippen LogP contribution is -2.38. The highest BCUT2D eigenvalue weighted by Crippen LogP contribution is 2.22. The summed E-state index contributed by atoms with van der Waals surface area (Å²) in [6.45, 7) is 5.01. The molecule has 0 aliphatic carbocycles. The van der Waals surface area contributed by atoms with Crippen molar-refractivity contribution in [1.29, 1.82) is 0 Å². The van der Waals surface area contributed by atoms with Gasteiger partial charge in [0.05, 0.1) is 13.2 Å². The number of hydrogen-bond acceptors (Lipinski definition) is 6. The summed E-state index contributed by atoms with van der Waals surface area (Å²) in [4.78, 5) is 14.4. The Labute approximate surface area is 140 Å². The minimum Gasteiger partial charge on any atom is -0.508 e. The lowest BCUT2D eigenvalue weighted by molar-refractivity contribution is 0.0374. The molecule has 0 atom stereocenters. The average Bonchev–Trinajstić information content (AvgIpc) is 3.10. The van der Waals surface area contributed by atoms with E-state index in [-0.39, 0.29) is 17.4 Å². The van der Waals surface area contributed by atoms with Crippen LogP contribution in [-0.4, -0.2) is 60.5 Å². The van der Waals surface area contributed by atoms with Gasteiger partial charge in [0.25, 0.3) is 5.91 Å². The zero-order chi connectivity index (χ0) is 16.8. The summed E-state index contributed by atoms with van der Waals surface area (Å²) in [6, 6.07) is 8.13. The Kier molecular flexibility index (Phi) is 5.45. The van der Waals surface area contributed by atoms with Crippen LogP contribution in [0.15, 0.2) is 34.9 Å². The second kappa shape index (κ2) is 7.94. The molecule has 0 saturated carbocycles. The first kappa shape index (κ1) is 16.5. The van der Waals surface area contributed by atoms with Gasteiger partial charge in [-0.05, 0) is 37.2 Å². The van der Waals surface area contributed by atoms with Gasteiger partial charge in [0.1, 0.15) is 5.75 Å². The third-order valence-corrected chi connectivity index (χ3v) is 3.93. The molecule has 0 spiro atoms. The highest BCUT2D eigenvalue weighted by molar-refractivity contribution is 5.93. The highest BCUT2D eigenvalue weighted by Gasteiger charge is 2.14. The van der Waals surface area contributed by atoms with Gasteiger partial charge in [-0.1, -0.05) is 5.16 Å². The van der Waals surface area contributed by atoms with Gasteiger partial charge >= 0.3 is 0 Å². The normalized spacial score (nSPS) is 15.3. The minimum absolute atomic E-state index is 0.177. The number of carbonyl (C=O) groups is 1. The molecule has 1 aromatic carbocycles. The van der Waals surface area contributed by atoms with E-state index >= 15 is 0 Å². The van der Waals surface area contributed by atoms with Gasteiger partial charge < -0.3 is 19.7 Å². The van der Waals surface area contributed by atoms with Crippen molar-refractivity contribution in [1.82, 2.24) is 15.4 Å². The average molecular weight is 331 g/mol. The Morgan fingerprint density at radius 1 is 1.25 bits per heavy atom. The number of rotatable bonds is 6. The maximum atomic E-state index is 12.1. The number of aromatic nitrogens is 1. The number of carbonyl (C=O) groups excluding carboxylic acids is 1. The van der Waals surface area contributed by atoms with E-state index < -0.39 is 0 Å². The van der Waals surface area contributed by atoms with Gasteiger partial charge in [0.2, 0.25) is 0 Å². The predicted octanol–water partition coefficient (Wildman–Crippen LogP) is 1.50. The molecule has 2 N–H and O–H groups in total. The Morgan fingerprint density at radius 2 is 2.00 bits per heavy atom. The van der Waals surface area contributed by atoms with Crippen LogP contribution in [0.1, 0.15) is 16.9 Å². The number of nitrogens with one attached hydrogen (secondary N) is 1. The third kappa shape index (κ3) is 4.33. The number of amides is 1. The molecule has 2 aromatic rings. The van der Waals surface area contributed by atoms with E-state index in [9.17, 15) is 9.90 Å². The Balaban J connectivity index is 1.46. The van der Waals surface area contributed by atoms with Gasteiger partial charge in [-0.25, -0.2) is 0 Å². The van der Waals surface area contributed by atoms with Crippen molar-refractivity contribution in [3.05, 3.63) is 36.0 Å². The van der Waals surface area contributed by atoms with Crippen LogP contribution in [-0.2, 0) is 4.74 Å². The molecule has 128 valence electrons. The molecular weight excluding hydrogens is 310 g/mol. The standard InChI is InChI=1S/C17H21N3O4/c21-14-4-2-13(3-5-14)16-12-15(19-24-16)17(22)18-6-1-7-20-8-10-23-11-9-20/h2-5,12,21H,1,6-11H2,(H,18,22). The van der Waals surface area contributed by atoms with Crippen molar-refractivity contribution in [2.75, 3.05) is 39.4 Å². The lowest BCUT2D eigenvalue weighted by Gasteiger charge is -2.26. The molecule has 7 nitrogen and oxygen atoms in total. The van der Waals surface area contributed by atoms with E-state index in [0.29, 0.717) is 12.3 Å². The van der Waals surface area contributed by atoms with Gasteiger partial charge in [-0.15, -0.1) is 0 Å². The number of hydrogen-bond donors (Lipinski definition) is 2. The van der Waals surface area contributed by atoms with Crippen LogP contribution in [0.2, 0.25) is 0 Å². The highest BCUT2D eigenvalue weighted by atomic mass is 16.5. The molecule has 1 aliphatic heterocycles. The number of nitrogens with zero attached hydrogens (tertiary/aromatic N) is 2. The fourth-order valence-corrected chi connectivity index (χ4v) is 2.56. The first-order valence-electron chi connectivity index (χ1n) is 8.07. The summed E-state index contributed by atoms with van der Waals surface area (Å²) < 4.78 is 10.5. The van der Waals surface area contributed by atoms with Crippen LogP contribution in [0.3, 0.4) is 0 Å². The molecule has 1 amide bonds. The van der Waals surface area contributed by atoms with E-state index in [1.165, 1.54) is 0 Å². The van der Waals surface area contributed by atoms with Gasteiger partial charge in [0.15, 0.2) is 11.5 Å². The molecule has 1 fully saturated rings.